The maximum absolute atomic E-state index is 13.3. The summed E-state index contributed by atoms with van der Waals surface area (Å²) >= 11 is 0. The smallest absolute Gasteiger partial charge is 0.220 e. The molecule has 1 aliphatic rings. The Morgan fingerprint density at radius 3 is 2.04 bits per heavy atom. The predicted octanol–water partition coefficient (Wildman–Crippen LogP) is 8.54. The van der Waals surface area contributed by atoms with Gasteiger partial charge in [0.2, 0.25) is 5.91 Å². The van der Waals surface area contributed by atoms with Crippen molar-refractivity contribution >= 4 is 5.91 Å². The number of nitrogens with zero attached hydrogens (tertiary/aromatic N) is 1. The minimum absolute atomic E-state index is 0.0181. The Morgan fingerprint density at radius 1 is 0.811 bits per heavy atom. The summed E-state index contributed by atoms with van der Waals surface area (Å²) in [5.74, 6) is 1.26. The van der Waals surface area contributed by atoms with E-state index in [2.05, 4.69) is 107 Å². The lowest BCUT2D eigenvalue weighted by atomic mass is 9.68. The third-order valence-corrected chi connectivity index (χ3v) is 10.9. The number of carbonyl (C=O) groups excluding carboxylic acids is 1. The van der Waals surface area contributed by atoms with E-state index in [4.69, 9.17) is 15.2 Å². The summed E-state index contributed by atoms with van der Waals surface area (Å²) in [5.41, 5.74) is 14.2. The first-order valence-corrected chi connectivity index (χ1v) is 18.8. The number of aryl methyl sites for hydroxylation is 1. The van der Waals surface area contributed by atoms with Crippen LogP contribution >= 0.6 is 0 Å². The number of nitrogens with one attached hydrogen (secondary N) is 1. The molecule has 0 saturated heterocycles. The number of rotatable bonds is 17. The van der Waals surface area contributed by atoms with Gasteiger partial charge in [-0.15, -0.1) is 0 Å². The van der Waals surface area contributed by atoms with Crippen LogP contribution in [0.1, 0.15) is 77.1 Å². The highest BCUT2D eigenvalue weighted by Gasteiger charge is 2.35. The topological polar surface area (TPSA) is 76.8 Å². The summed E-state index contributed by atoms with van der Waals surface area (Å²) < 4.78 is 24.8. The molecule has 1 amide bonds. The molecule has 5 aromatic carbocycles. The second kappa shape index (κ2) is 18.2. The van der Waals surface area contributed by atoms with Crippen LogP contribution in [0.4, 0.5) is 4.39 Å². The van der Waals surface area contributed by atoms with E-state index in [0.717, 1.165) is 67.8 Å². The first-order chi connectivity index (χ1) is 25.9. The maximum atomic E-state index is 13.3. The fourth-order valence-corrected chi connectivity index (χ4v) is 8.05. The fraction of sp³-hybridized carbons (Fsp3) is 0.326. The van der Waals surface area contributed by atoms with Crippen molar-refractivity contribution in [3.63, 3.8) is 0 Å². The summed E-state index contributed by atoms with van der Waals surface area (Å²) in [4.78, 5) is 15.4. The Hall–Kier alpha value is -4.98. The van der Waals surface area contributed by atoms with Crippen LogP contribution in [0.5, 0.6) is 11.5 Å². The highest BCUT2D eigenvalue weighted by atomic mass is 19.1. The molecule has 6 nitrogen and oxygen atoms in total. The van der Waals surface area contributed by atoms with E-state index in [0.29, 0.717) is 25.9 Å². The van der Waals surface area contributed by atoms with Crippen LogP contribution in [0.15, 0.2) is 121 Å². The number of ether oxygens (including phenoxy) is 2. The van der Waals surface area contributed by atoms with Gasteiger partial charge < -0.3 is 20.5 Å². The van der Waals surface area contributed by atoms with Gasteiger partial charge in [0.25, 0.3) is 0 Å². The van der Waals surface area contributed by atoms with E-state index in [1.165, 1.54) is 39.9 Å². The molecule has 6 rings (SSSR count). The second-order valence-corrected chi connectivity index (χ2v) is 14.0. The Morgan fingerprint density at radius 2 is 1.42 bits per heavy atom. The lowest BCUT2D eigenvalue weighted by Crippen LogP contribution is -2.38. The van der Waals surface area contributed by atoms with Gasteiger partial charge in [-0.3, -0.25) is 9.69 Å². The first-order valence-electron chi connectivity index (χ1n) is 18.8. The molecule has 0 fully saturated rings. The Balaban J connectivity index is 1.22. The summed E-state index contributed by atoms with van der Waals surface area (Å²) in [6, 6.07) is 41.2. The molecule has 3 N–H and O–H groups in total. The number of amides is 1. The second-order valence-electron chi connectivity index (χ2n) is 14.0. The van der Waals surface area contributed by atoms with Crippen LogP contribution in [0, 0.1) is 5.82 Å². The van der Waals surface area contributed by atoms with Crippen LogP contribution in [0.2, 0.25) is 0 Å². The van der Waals surface area contributed by atoms with E-state index in [-0.39, 0.29) is 23.2 Å². The van der Waals surface area contributed by atoms with Gasteiger partial charge in [0.05, 0.1) is 20.3 Å². The van der Waals surface area contributed by atoms with Crippen molar-refractivity contribution < 1.29 is 18.7 Å². The van der Waals surface area contributed by atoms with E-state index in [1.807, 2.05) is 0 Å². The van der Waals surface area contributed by atoms with Gasteiger partial charge >= 0.3 is 0 Å². The molecule has 276 valence electrons. The number of benzene rings is 5. The number of hydrogen-bond donors (Lipinski definition) is 2. The zero-order valence-electron chi connectivity index (χ0n) is 31.0. The van der Waals surface area contributed by atoms with E-state index in [9.17, 15) is 9.18 Å². The quantitative estimate of drug-likeness (QED) is 0.0946. The van der Waals surface area contributed by atoms with E-state index >= 15 is 0 Å². The fourth-order valence-electron chi connectivity index (χ4n) is 8.05. The summed E-state index contributed by atoms with van der Waals surface area (Å²) in [6.45, 7) is 2.95. The minimum atomic E-state index is -0.265. The zero-order valence-corrected chi connectivity index (χ0v) is 31.0. The van der Waals surface area contributed by atoms with Gasteiger partial charge in [-0.05, 0) is 108 Å². The predicted molar refractivity (Wildman–Crippen MR) is 211 cm³/mol. The molecule has 1 aliphatic heterocycles. The average Bonchev–Trinajstić information content (AvgIpc) is 3.21. The molecule has 0 radical (unpaired) electrons. The van der Waals surface area contributed by atoms with Crippen molar-refractivity contribution in [3.05, 3.63) is 166 Å². The first kappa shape index (κ1) is 37.8. The molecule has 0 spiro atoms. The third kappa shape index (κ3) is 9.16. The van der Waals surface area contributed by atoms with Gasteiger partial charge in [0.1, 0.15) is 5.82 Å². The van der Waals surface area contributed by atoms with Crippen molar-refractivity contribution in [2.45, 2.75) is 62.9 Å². The summed E-state index contributed by atoms with van der Waals surface area (Å²) in [7, 11) is 3.39. The molecule has 1 heterocycles. The largest absolute Gasteiger partial charge is 0.493 e. The molecule has 5 aromatic rings. The Kier molecular flexibility index (Phi) is 13.0. The molecular weight excluding hydrogens is 662 g/mol. The summed E-state index contributed by atoms with van der Waals surface area (Å²) in [6.07, 6.45) is 5.55. The highest BCUT2D eigenvalue weighted by Crippen LogP contribution is 2.44. The highest BCUT2D eigenvalue weighted by molar-refractivity contribution is 5.76. The number of nitrogens with two attached hydrogens (primary N) is 1. The van der Waals surface area contributed by atoms with Crippen LogP contribution < -0.4 is 20.5 Å². The molecule has 0 bridgehead atoms. The van der Waals surface area contributed by atoms with E-state index in [1.54, 1.807) is 26.4 Å². The monoisotopic (exact) mass is 713 g/mol. The average molecular weight is 714 g/mol. The van der Waals surface area contributed by atoms with Gasteiger partial charge in [0, 0.05) is 31.5 Å². The molecule has 53 heavy (non-hydrogen) atoms. The van der Waals surface area contributed by atoms with E-state index < -0.39 is 0 Å². The van der Waals surface area contributed by atoms with Gasteiger partial charge in [0.15, 0.2) is 11.5 Å². The number of fused-ring (bicyclic) bond motifs is 1. The van der Waals surface area contributed by atoms with Crippen LogP contribution in [-0.2, 0) is 29.6 Å². The van der Waals surface area contributed by atoms with Gasteiger partial charge in [-0.25, -0.2) is 4.39 Å². The lowest BCUT2D eigenvalue weighted by Gasteiger charge is -2.40. The van der Waals surface area contributed by atoms with Crippen molar-refractivity contribution in [3.8, 4) is 11.5 Å². The normalized spacial score (nSPS) is 14.4. The summed E-state index contributed by atoms with van der Waals surface area (Å²) in [5, 5.41) is 3.16. The maximum Gasteiger partial charge on any atom is 0.220 e. The van der Waals surface area contributed by atoms with Crippen LogP contribution in [0.25, 0.3) is 0 Å². The molecule has 1 unspecified atom stereocenters. The third-order valence-electron chi connectivity index (χ3n) is 10.9. The van der Waals surface area contributed by atoms with Gasteiger partial charge in [-0.1, -0.05) is 97.1 Å². The molecule has 1 atom stereocenters. The minimum Gasteiger partial charge on any atom is -0.493 e. The van der Waals surface area contributed by atoms with Crippen molar-refractivity contribution in [2.75, 3.05) is 33.9 Å². The van der Waals surface area contributed by atoms with Crippen molar-refractivity contribution in [1.82, 2.24) is 10.2 Å². The zero-order chi connectivity index (χ0) is 37.0. The lowest BCUT2D eigenvalue weighted by molar-refractivity contribution is -0.121. The number of halogens is 1. The van der Waals surface area contributed by atoms with Crippen LogP contribution in [0.3, 0.4) is 0 Å². The van der Waals surface area contributed by atoms with Crippen molar-refractivity contribution in [2.24, 2.45) is 5.73 Å². The Bertz CT molecular complexity index is 1860. The molecule has 0 aromatic heterocycles. The standard InChI is InChI=1S/C46H52FN3O3/c1-52-42-31-37-25-30-50(45(41(37)32-43(42)53-2)36-20-15-35(33-48)16-21-36)29-10-27-46(38-11-5-3-6-12-38,39-13-7-4-8-14-39)26-9-28-49-44(51)24-19-34-17-22-40(47)23-18-34/h3-8,11-18,20-23,31-32,45H,9-10,19,24-30,33,48H2,1-2H3,(H,49,51). The molecule has 7 heteroatoms. The molecular formula is C46H52FN3O3. The Labute approximate surface area is 314 Å². The van der Waals surface area contributed by atoms with Crippen molar-refractivity contribution in [1.29, 1.82) is 0 Å². The molecule has 0 saturated carbocycles. The number of hydrogen-bond acceptors (Lipinski definition) is 5. The van der Waals surface area contributed by atoms with Crippen LogP contribution in [-0.4, -0.2) is 44.7 Å². The molecule has 0 aliphatic carbocycles. The number of methoxy groups -OCH3 is 2. The van der Waals surface area contributed by atoms with Gasteiger partial charge in [-0.2, -0.15) is 0 Å². The number of carbonyl (C=O) groups is 1. The SMILES string of the molecule is COc1cc2c(cc1OC)C(c1ccc(CN)cc1)N(CCCC(CCCNC(=O)CCc1ccc(F)cc1)(c1ccccc1)c1ccccc1)CC2.